The molecule has 0 bridgehead atoms. The fraction of sp³-hybridized carbons (Fsp3) is 0.0833. The van der Waals surface area contributed by atoms with Crippen molar-refractivity contribution in [2.75, 3.05) is 12.0 Å². The Morgan fingerprint density at radius 3 is 2.48 bits per heavy atom. The maximum Gasteiger partial charge on any atom is 0.295 e. The molecule has 9 heteroatoms. The van der Waals surface area contributed by atoms with Gasteiger partial charge in [0.15, 0.2) is 16.9 Å². The van der Waals surface area contributed by atoms with E-state index in [1.165, 1.54) is 18.1 Å². The minimum absolute atomic E-state index is 0.0362. The van der Waals surface area contributed by atoms with Crippen LogP contribution in [0, 0.1) is 0 Å². The lowest BCUT2D eigenvalue weighted by Crippen LogP contribution is -2.29. The van der Waals surface area contributed by atoms with Crippen LogP contribution in [0.25, 0.3) is 11.0 Å². The highest BCUT2D eigenvalue weighted by Crippen LogP contribution is 2.45. The number of benzene rings is 3. The molecule has 1 aliphatic rings. The average Bonchev–Trinajstić information content (AvgIpc) is 3.09. The first kappa shape index (κ1) is 22.0. The van der Waals surface area contributed by atoms with Gasteiger partial charge in [0.1, 0.15) is 5.58 Å². The number of phenolic OH excluding ortho intramolecular Hbond substituents is 1. The highest BCUT2D eigenvalue weighted by Gasteiger charge is 2.44. The molecule has 1 aromatic heterocycles. The Kier molecular flexibility index (Phi) is 5.47. The van der Waals surface area contributed by atoms with Gasteiger partial charge in [0.2, 0.25) is 5.76 Å². The fourth-order valence-corrected chi connectivity index (χ4v) is 4.93. The number of carbonyl (C=O) groups excluding carboxylic acids is 1. The first-order chi connectivity index (χ1) is 15.8. The molecular formula is C24H14Br2ClNO5. The van der Waals surface area contributed by atoms with Crippen molar-refractivity contribution < 1.29 is 19.1 Å². The molecule has 4 aromatic rings. The minimum atomic E-state index is -0.820. The molecule has 1 amide bonds. The van der Waals surface area contributed by atoms with E-state index >= 15 is 0 Å². The molecule has 0 saturated carbocycles. The summed E-state index contributed by atoms with van der Waals surface area (Å²) in [5.41, 5.74) is 1.24. The van der Waals surface area contributed by atoms with E-state index in [2.05, 4.69) is 31.9 Å². The van der Waals surface area contributed by atoms with E-state index in [9.17, 15) is 14.7 Å². The standard InChI is InChI=1S/C24H14Br2ClNO5/c1-32-18-9-11(8-16(26)22(18)30)20-19-21(29)15-10-13(27)4-7-17(15)33-23(19)24(31)28(20)14-5-2-12(25)3-6-14/h2-10,20,30H,1H3. The lowest BCUT2D eigenvalue weighted by Gasteiger charge is -2.26. The van der Waals surface area contributed by atoms with Crippen LogP contribution in [0.4, 0.5) is 5.69 Å². The van der Waals surface area contributed by atoms with Crippen LogP contribution in [-0.2, 0) is 0 Å². The summed E-state index contributed by atoms with van der Waals surface area (Å²) in [7, 11) is 1.43. The number of hydrogen-bond acceptors (Lipinski definition) is 5. The van der Waals surface area contributed by atoms with Crippen molar-refractivity contribution in [1.29, 1.82) is 0 Å². The molecule has 1 atom stereocenters. The number of ether oxygens (including phenoxy) is 1. The third kappa shape index (κ3) is 3.53. The largest absolute Gasteiger partial charge is 0.503 e. The van der Waals surface area contributed by atoms with Gasteiger partial charge in [-0.1, -0.05) is 27.5 Å². The van der Waals surface area contributed by atoms with Crippen molar-refractivity contribution in [3.63, 3.8) is 0 Å². The second kappa shape index (κ2) is 8.20. The van der Waals surface area contributed by atoms with Crippen molar-refractivity contribution >= 4 is 66.0 Å². The van der Waals surface area contributed by atoms with E-state index in [-0.39, 0.29) is 39.2 Å². The van der Waals surface area contributed by atoms with Gasteiger partial charge in [0.25, 0.3) is 5.91 Å². The second-order valence-electron chi connectivity index (χ2n) is 7.42. The third-order valence-corrected chi connectivity index (χ3v) is 6.89. The monoisotopic (exact) mass is 589 g/mol. The topological polar surface area (TPSA) is 80.0 Å². The third-order valence-electron chi connectivity index (χ3n) is 5.52. The van der Waals surface area contributed by atoms with Crippen LogP contribution in [0.2, 0.25) is 5.02 Å². The summed E-state index contributed by atoms with van der Waals surface area (Å²) >= 11 is 12.9. The van der Waals surface area contributed by atoms with Crippen molar-refractivity contribution in [3.05, 3.63) is 95.7 Å². The van der Waals surface area contributed by atoms with Gasteiger partial charge >= 0.3 is 0 Å². The molecule has 6 nitrogen and oxygen atoms in total. The summed E-state index contributed by atoms with van der Waals surface area (Å²) in [6, 6.07) is 14.3. The SMILES string of the molecule is COc1cc(C2c3c(oc4ccc(Cl)cc4c3=O)C(=O)N2c2ccc(Br)cc2)cc(Br)c1O. The Morgan fingerprint density at radius 1 is 1.06 bits per heavy atom. The maximum absolute atomic E-state index is 13.6. The van der Waals surface area contributed by atoms with Crippen LogP contribution in [0.5, 0.6) is 11.5 Å². The molecule has 0 spiro atoms. The molecule has 5 rings (SSSR count). The molecule has 166 valence electrons. The number of phenols is 1. The maximum atomic E-state index is 13.6. The molecule has 0 saturated heterocycles. The zero-order valence-corrected chi connectivity index (χ0v) is 20.9. The smallest absolute Gasteiger partial charge is 0.295 e. The van der Waals surface area contributed by atoms with Crippen LogP contribution in [-0.4, -0.2) is 18.1 Å². The van der Waals surface area contributed by atoms with Crippen LogP contribution in [0.1, 0.15) is 27.7 Å². The lowest BCUT2D eigenvalue weighted by atomic mass is 9.97. The number of halogens is 3. The predicted molar refractivity (Wildman–Crippen MR) is 133 cm³/mol. The van der Waals surface area contributed by atoms with Gasteiger partial charge in [-0.2, -0.15) is 0 Å². The van der Waals surface area contributed by atoms with Crippen LogP contribution in [0.3, 0.4) is 0 Å². The number of hydrogen-bond donors (Lipinski definition) is 1. The van der Waals surface area contributed by atoms with Gasteiger partial charge in [-0.3, -0.25) is 14.5 Å². The normalized spacial score (nSPS) is 15.2. The predicted octanol–water partition coefficient (Wildman–Crippen LogP) is 6.44. The Labute approximate surface area is 209 Å². The van der Waals surface area contributed by atoms with Gasteiger partial charge in [-0.05, 0) is 76.1 Å². The molecule has 0 fully saturated rings. The number of amides is 1. The van der Waals surface area contributed by atoms with Crippen molar-refractivity contribution in [2.45, 2.75) is 6.04 Å². The number of carbonyl (C=O) groups is 1. The van der Waals surface area contributed by atoms with E-state index in [1.54, 1.807) is 36.4 Å². The molecule has 3 aromatic carbocycles. The number of rotatable bonds is 3. The molecule has 33 heavy (non-hydrogen) atoms. The van der Waals surface area contributed by atoms with Crippen molar-refractivity contribution in [3.8, 4) is 11.5 Å². The van der Waals surface area contributed by atoms with Crippen LogP contribution < -0.4 is 15.1 Å². The Hall–Kier alpha value is -2.81. The Morgan fingerprint density at radius 2 is 1.79 bits per heavy atom. The van der Waals surface area contributed by atoms with Crippen molar-refractivity contribution in [2.24, 2.45) is 0 Å². The Bertz CT molecular complexity index is 1500. The van der Waals surface area contributed by atoms with E-state index in [4.69, 9.17) is 20.8 Å². The summed E-state index contributed by atoms with van der Waals surface area (Å²) in [4.78, 5) is 28.7. The van der Waals surface area contributed by atoms with Crippen molar-refractivity contribution in [1.82, 2.24) is 0 Å². The summed E-state index contributed by atoms with van der Waals surface area (Å²) in [5, 5.41) is 11.0. The van der Waals surface area contributed by atoms with E-state index in [0.29, 0.717) is 20.7 Å². The zero-order valence-electron chi connectivity index (χ0n) is 16.9. The van der Waals surface area contributed by atoms with E-state index in [1.807, 2.05) is 12.1 Å². The average molecular weight is 592 g/mol. The Balaban J connectivity index is 1.84. The molecule has 1 aliphatic heterocycles. The highest BCUT2D eigenvalue weighted by atomic mass is 79.9. The summed E-state index contributed by atoms with van der Waals surface area (Å²) < 4.78 is 12.4. The number of methoxy groups -OCH3 is 1. The molecular weight excluding hydrogens is 578 g/mol. The number of nitrogens with zero attached hydrogens (tertiary/aromatic N) is 1. The lowest BCUT2D eigenvalue weighted by molar-refractivity contribution is 0.0971. The summed E-state index contributed by atoms with van der Waals surface area (Å²) in [6.45, 7) is 0. The molecule has 1 N–H and O–H groups in total. The van der Waals surface area contributed by atoms with E-state index in [0.717, 1.165) is 4.47 Å². The van der Waals surface area contributed by atoms with Crippen LogP contribution >= 0.6 is 43.5 Å². The van der Waals surface area contributed by atoms with Gasteiger partial charge in [0, 0.05) is 15.2 Å². The number of aromatic hydroxyl groups is 1. The quantitative estimate of drug-likeness (QED) is 0.297. The number of fused-ring (bicyclic) bond motifs is 2. The first-order valence-corrected chi connectivity index (χ1v) is 11.7. The number of anilines is 1. The molecule has 1 unspecified atom stereocenters. The van der Waals surface area contributed by atoms with Gasteiger partial charge in [-0.15, -0.1) is 0 Å². The van der Waals surface area contributed by atoms with Crippen LogP contribution in [0.15, 0.2) is 72.8 Å². The second-order valence-corrected chi connectivity index (χ2v) is 9.63. The fourth-order valence-electron chi connectivity index (χ4n) is 4.04. The van der Waals surface area contributed by atoms with Gasteiger partial charge in [0.05, 0.1) is 28.6 Å². The van der Waals surface area contributed by atoms with E-state index < -0.39 is 11.9 Å². The first-order valence-electron chi connectivity index (χ1n) is 9.72. The minimum Gasteiger partial charge on any atom is -0.503 e. The molecule has 0 aliphatic carbocycles. The molecule has 2 heterocycles. The highest BCUT2D eigenvalue weighted by molar-refractivity contribution is 9.10. The van der Waals surface area contributed by atoms with Gasteiger partial charge < -0.3 is 14.3 Å². The summed E-state index contributed by atoms with van der Waals surface area (Å²) in [5.74, 6) is -0.372. The molecule has 0 radical (unpaired) electrons. The summed E-state index contributed by atoms with van der Waals surface area (Å²) in [6.07, 6.45) is 0. The zero-order chi connectivity index (χ0) is 23.4. The van der Waals surface area contributed by atoms with Gasteiger partial charge in [-0.25, -0.2) is 0 Å².